The lowest BCUT2D eigenvalue weighted by Gasteiger charge is -2.20. The normalized spacial score (nSPS) is 13.9. The lowest BCUT2D eigenvalue weighted by Crippen LogP contribution is -2.29. The largest absolute Gasteiger partial charge is 0.472 e. The molecule has 0 bridgehead atoms. The van der Waals surface area contributed by atoms with Crippen molar-refractivity contribution in [3.8, 4) is 0 Å². The number of rotatable bonds is 39. The molecule has 0 radical (unpaired) electrons. The number of nitrogens with one attached hydrogen (secondary N) is 1. The Hall–Kier alpha value is -2.29. The molecule has 0 heterocycles. The van der Waals surface area contributed by atoms with Crippen LogP contribution in [0.3, 0.4) is 0 Å². The van der Waals surface area contributed by atoms with Crippen LogP contribution < -0.4 is 5.32 Å². The summed E-state index contributed by atoms with van der Waals surface area (Å²) in [6.07, 6.45) is 45.5. The lowest BCUT2D eigenvalue weighted by atomic mass is 10.1. The number of hydrogen-bond acceptors (Lipinski definition) is 8. The fourth-order valence-electron chi connectivity index (χ4n) is 5.36. The second-order valence-corrected chi connectivity index (χ2v) is 15.3. The second kappa shape index (κ2) is 40.4. The first kappa shape index (κ1) is 51.7. The van der Waals surface area contributed by atoms with Crippen LogP contribution in [0.2, 0.25) is 0 Å². The zero-order valence-electron chi connectivity index (χ0n) is 34.4. The highest BCUT2D eigenvalue weighted by molar-refractivity contribution is 7.47. The number of allylic oxidation sites excluding steroid dienone is 10. The monoisotopic (exact) mass is 780 g/mol. The van der Waals surface area contributed by atoms with Gasteiger partial charge in [0, 0.05) is 19.4 Å². The van der Waals surface area contributed by atoms with Gasteiger partial charge < -0.3 is 19.7 Å². The third kappa shape index (κ3) is 39.4. The highest BCUT2D eigenvalue weighted by Crippen LogP contribution is 2.43. The molecule has 0 saturated heterocycles. The van der Waals surface area contributed by atoms with Crippen LogP contribution in [0.25, 0.3) is 0 Å². The van der Waals surface area contributed by atoms with Gasteiger partial charge in [-0.25, -0.2) is 4.57 Å². The van der Waals surface area contributed by atoms with E-state index in [4.69, 9.17) is 18.5 Å². The van der Waals surface area contributed by atoms with Gasteiger partial charge in [0.15, 0.2) is 6.10 Å². The molecule has 9 nitrogen and oxygen atoms in total. The van der Waals surface area contributed by atoms with Crippen molar-refractivity contribution in [2.24, 2.45) is 0 Å². The average Bonchev–Trinajstić information content (AvgIpc) is 3.15. The minimum Gasteiger partial charge on any atom is -0.462 e. The number of hydrogen-bond donors (Lipinski definition) is 2. The van der Waals surface area contributed by atoms with E-state index in [-0.39, 0.29) is 26.1 Å². The predicted octanol–water partition coefficient (Wildman–Crippen LogP) is 12.0. The van der Waals surface area contributed by atoms with Gasteiger partial charge in [-0.05, 0) is 84.1 Å². The fourth-order valence-corrected chi connectivity index (χ4v) is 6.11. The van der Waals surface area contributed by atoms with E-state index in [1.54, 1.807) is 7.05 Å². The van der Waals surface area contributed by atoms with E-state index in [1.165, 1.54) is 70.6 Å². The maximum Gasteiger partial charge on any atom is 0.472 e. The van der Waals surface area contributed by atoms with Gasteiger partial charge in [0.25, 0.3) is 0 Å². The van der Waals surface area contributed by atoms with E-state index in [1.807, 2.05) is 0 Å². The van der Waals surface area contributed by atoms with E-state index < -0.39 is 32.5 Å². The number of ether oxygens (including phenoxy) is 2. The molecule has 2 unspecified atom stereocenters. The zero-order chi connectivity index (χ0) is 39.6. The first-order valence-corrected chi connectivity index (χ1v) is 22.7. The van der Waals surface area contributed by atoms with E-state index in [2.05, 4.69) is 79.9 Å². The molecule has 54 heavy (non-hydrogen) atoms. The molecule has 2 N–H and O–H groups in total. The minimum absolute atomic E-state index is 0.0291. The Labute approximate surface area is 330 Å². The van der Waals surface area contributed by atoms with Crippen LogP contribution in [0.15, 0.2) is 60.8 Å². The summed E-state index contributed by atoms with van der Waals surface area (Å²) in [5.74, 6) is -0.886. The Balaban J connectivity index is 4.36. The number of phosphoric ester groups is 1. The molecule has 0 aromatic rings. The number of phosphoric acid groups is 1. The smallest absolute Gasteiger partial charge is 0.462 e. The lowest BCUT2D eigenvalue weighted by molar-refractivity contribution is -0.161. The van der Waals surface area contributed by atoms with Crippen molar-refractivity contribution in [1.29, 1.82) is 0 Å². The van der Waals surface area contributed by atoms with E-state index >= 15 is 0 Å². The summed E-state index contributed by atoms with van der Waals surface area (Å²) in [5.41, 5.74) is 0. The van der Waals surface area contributed by atoms with Gasteiger partial charge in [-0.1, -0.05) is 139 Å². The second-order valence-electron chi connectivity index (χ2n) is 13.8. The van der Waals surface area contributed by atoms with Crippen molar-refractivity contribution >= 4 is 19.8 Å². The Morgan fingerprint density at radius 2 is 1.02 bits per heavy atom. The Morgan fingerprint density at radius 1 is 0.574 bits per heavy atom. The van der Waals surface area contributed by atoms with Crippen molar-refractivity contribution in [3.05, 3.63) is 60.8 Å². The van der Waals surface area contributed by atoms with Crippen LogP contribution >= 0.6 is 7.82 Å². The molecule has 0 aliphatic heterocycles. The van der Waals surface area contributed by atoms with Crippen molar-refractivity contribution < 1.29 is 37.6 Å². The zero-order valence-corrected chi connectivity index (χ0v) is 35.3. The summed E-state index contributed by atoms with van der Waals surface area (Å²) in [5, 5.41) is 2.81. The van der Waals surface area contributed by atoms with Crippen LogP contribution in [0.5, 0.6) is 0 Å². The molecular weight excluding hydrogens is 701 g/mol. The Morgan fingerprint density at radius 3 is 1.59 bits per heavy atom. The molecule has 0 aliphatic rings. The number of carbonyl (C=O) groups is 2. The molecule has 312 valence electrons. The maximum atomic E-state index is 12.6. The van der Waals surface area contributed by atoms with Gasteiger partial charge in [-0.2, -0.15) is 0 Å². The van der Waals surface area contributed by atoms with Crippen LogP contribution in [0.4, 0.5) is 0 Å². The van der Waals surface area contributed by atoms with Crippen molar-refractivity contribution in [3.63, 3.8) is 0 Å². The third-order valence-corrected chi connectivity index (χ3v) is 9.59. The summed E-state index contributed by atoms with van der Waals surface area (Å²) < 4.78 is 33.1. The van der Waals surface area contributed by atoms with Gasteiger partial charge >= 0.3 is 19.8 Å². The Bertz CT molecular complexity index is 1070. The molecule has 0 spiro atoms. The molecule has 0 rings (SSSR count). The topological polar surface area (TPSA) is 120 Å². The molecule has 0 aliphatic carbocycles. The highest BCUT2D eigenvalue weighted by Gasteiger charge is 2.26. The Kier molecular flexibility index (Phi) is 38.7. The first-order valence-electron chi connectivity index (χ1n) is 21.2. The maximum absolute atomic E-state index is 12.6. The van der Waals surface area contributed by atoms with Gasteiger partial charge in [0.05, 0.1) is 13.2 Å². The van der Waals surface area contributed by atoms with E-state index in [0.717, 1.165) is 57.8 Å². The number of unbranched alkanes of at least 4 members (excludes halogenated alkanes) is 15. The molecule has 2 atom stereocenters. The molecule has 0 aromatic carbocycles. The van der Waals surface area contributed by atoms with Crippen molar-refractivity contribution in [2.45, 2.75) is 174 Å². The van der Waals surface area contributed by atoms with Crippen molar-refractivity contribution in [1.82, 2.24) is 5.32 Å². The SMILES string of the molecule is CCCCC/C=C\C/C=C\C/C=C\C/C=C\CCCC(=O)OCC(COP(=O)(O)OCCNC)OC(=O)CCCCCCC/C=C\CCCCCCCC. The average molecular weight is 780 g/mol. The van der Waals surface area contributed by atoms with Gasteiger partial charge in [0.2, 0.25) is 0 Å². The predicted molar refractivity (Wildman–Crippen MR) is 224 cm³/mol. The number of likely N-dealkylation sites (N-methyl/N-ethyl adjacent to an activating group) is 1. The quantitative estimate of drug-likeness (QED) is 0.0272. The highest BCUT2D eigenvalue weighted by atomic mass is 31.2. The van der Waals surface area contributed by atoms with Gasteiger partial charge in [-0.3, -0.25) is 18.6 Å². The molecule has 0 amide bonds. The summed E-state index contributed by atoms with van der Waals surface area (Å²) >= 11 is 0. The summed E-state index contributed by atoms with van der Waals surface area (Å²) in [4.78, 5) is 35.0. The van der Waals surface area contributed by atoms with Crippen LogP contribution in [0.1, 0.15) is 168 Å². The fraction of sp³-hybridized carbons (Fsp3) is 0.727. The minimum atomic E-state index is -4.36. The molecule has 0 aromatic heterocycles. The summed E-state index contributed by atoms with van der Waals surface area (Å²) in [6, 6.07) is 0. The molecule has 10 heteroatoms. The van der Waals surface area contributed by atoms with Gasteiger partial charge in [-0.15, -0.1) is 0 Å². The number of carbonyl (C=O) groups excluding carboxylic acids is 2. The van der Waals surface area contributed by atoms with Crippen LogP contribution in [-0.2, 0) is 32.7 Å². The summed E-state index contributed by atoms with van der Waals surface area (Å²) in [6.45, 7) is 4.11. The molecular formula is C44H78NO8P. The van der Waals surface area contributed by atoms with E-state index in [9.17, 15) is 19.0 Å². The van der Waals surface area contributed by atoms with Crippen LogP contribution in [0, 0.1) is 0 Å². The standard InChI is InChI=1S/C44H78NO8P/c1-4-6-8-10-12-14-16-18-20-21-23-24-26-28-30-32-34-36-43(46)50-40-42(41-52-54(48,49)51-39-38-45-3)53-44(47)37-35-33-31-29-27-25-22-19-17-15-13-11-9-7-5-2/h12,14,18-20,22-24,28,30,42,45H,4-11,13,15-17,21,25-27,29,31-41H2,1-3H3,(H,48,49)/b14-12-,20-18-,22-19-,24-23-,30-28-. The third-order valence-electron chi connectivity index (χ3n) is 8.61. The van der Waals surface area contributed by atoms with Crippen LogP contribution in [-0.4, -0.2) is 56.3 Å². The first-order chi connectivity index (χ1) is 26.3. The molecule has 0 saturated carbocycles. The van der Waals surface area contributed by atoms with Crippen molar-refractivity contribution in [2.75, 3.05) is 33.4 Å². The van der Waals surface area contributed by atoms with Gasteiger partial charge in [0.1, 0.15) is 6.61 Å². The molecule has 0 fully saturated rings. The summed E-state index contributed by atoms with van der Waals surface area (Å²) in [7, 11) is -2.67. The number of esters is 2. The van der Waals surface area contributed by atoms with E-state index in [0.29, 0.717) is 19.4 Å².